The van der Waals surface area contributed by atoms with Gasteiger partial charge in [-0.2, -0.15) is 0 Å². The second kappa shape index (κ2) is 6.68. The summed E-state index contributed by atoms with van der Waals surface area (Å²) in [7, 11) is 0. The van der Waals surface area contributed by atoms with Crippen molar-refractivity contribution in [2.75, 3.05) is 13.1 Å². The Morgan fingerprint density at radius 1 is 1.25 bits per heavy atom. The van der Waals surface area contributed by atoms with Crippen LogP contribution in [-0.4, -0.2) is 56.2 Å². The maximum atomic E-state index is 12.8. The Morgan fingerprint density at radius 2 is 2.08 bits per heavy atom. The van der Waals surface area contributed by atoms with Gasteiger partial charge in [-0.05, 0) is 60.4 Å². The standard InChI is InChI=1S/C17H22N6O/c24-17(22(15-7-8-15)11-14-2-1-9-18-14)10-13-3-5-16(6-4-13)23-12-19-20-21-23/h3-6,12,14-15,18H,1-2,7-11H2. The van der Waals surface area contributed by atoms with Crippen LogP contribution < -0.4 is 5.32 Å². The number of benzene rings is 1. The molecule has 1 aliphatic carbocycles. The Morgan fingerprint density at radius 3 is 2.71 bits per heavy atom. The van der Waals surface area contributed by atoms with Crippen molar-refractivity contribution in [2.24, 2.45) is 0 Å². The van der Waals surface area contributed by atoms with Crippen LogP contribution in [0.4, 0.5) is 0 Å². The van der Waals surface area contributed by atoms with Crippen LogP contribution in [-0.2, 0) is 11.2 Å². The van der Waals surface area contributed by atoms with Crippen molar-refractivity contribution < 1.29 is 4.79 Å². The fourth-order valence-electron chi connectivity index (χ4n) is 3.31. The summed E-state index contributed by atoms with van der Waals surface area (Å²) < 4.78 is 1.61. The van der Waals surface area contributed by atoms with E-state index in [1.54, 1.807) is 11.0 Å². The maximum Gasteiger partial charge on any atom is 0.227 e. The van der Waals surface area contributed by atoms with E-state index in [2.05, 4.69) is 25.7 Å². The molecule has 1 aromatic carbocycles. The number of amides is 1. The van der Waals surface area contributed by atoms with Gasteiger partial charge < -0.3 is 10.2 Å². The molecule has 0 spiro atoms. The lowest BCUT2D eigenvalue weighted by atomic mass is 10.1. The van der Waals surface area contributed by atoms with E-state index < -0.39 is 0 Å². The van der Waals surface area contributed by atoms with Crippen molar-refractivity contribution in [3.8, 4) is 5.69 Å². The minimum Gasteiger partial charge on any atom is -0.338 e. The summed E-state index contributed by atoms with van der Waals surface area (Å²) in [4.78, 5) is 14.9. The summed E-state index contributed by atoms with van der Waals surface area (Å²) >= 11 is 0. The predicted octanol–water partition coefficient (Wildman–Crippen LogP) is 0.948. The molecule has 1 atom stereocenters. The summed E-state index contributed by atoms with van der Waals surface area (Å²) in [6.07, 6.45) is 6.71. The number of carbonyl (C=O) groups is 1. The van der Waals surface area contributed by atoms with Gasteiger partial charge in [0, 0.05) is 18.6 Å². The van der Waals surface area contributed by atoms with Gasteiger partial charge in [0.25, 0.3) is 0 Å². The first kappa shape index (κ1) is 15.3. The molecule has 0 bridgehead atoms. The highest BCUT2D eigenvalue weighted by molar-refractivity contribution is 5.79. The smallest absolute Gasteiger partial charge is 0.227 e. The predicted molar refractivity (Wildman–Crippen MR) is 88.6 cm³/mol. The molecule has 2 heterocycles. The highest BCUT2D eigenvalue weighted by Gasteiger charge is 2.34. The molecule has 0 radical (unpaired) electrons. The Bertz CT molecular complexity index is 674. The molecule has 1 amide bonds. The Balaban J connectivity index is 1.40. The lowest BCUT2D eigenvalue weighted by molar-refractivity contribution is -0.131. The van der Waals surface area contributed by atoms with Gasteiger partial charge in [0.1, 0.15) is 6.33 Å². The molecule has 24 heavy (non-hydrogen) atoms. The molecule has 2 aromatic rings. The van der Waals surface area contributed by atoms with Gasteiger partial charge in [0.15, 0.2) is 0 Å². The van der Waals surface area contributed by atoms with Crippen LogP contribution in [0.2, 0.25) is 0 Å². The second-order valence-electron chi connectivity index (χ2n) is 6.67. The van der Waals surface area contributed by atoms with E-state index in [0.29, 0.717) is 18.5 Å². The Kier molecular flexibility index (Phi) is 4.25. The monoisotopic (exact) mass is 326 g/mol. The van der Waals surface area contributed by atoms with Gasteiger partial charge >= 0.3 is 0 Å². The zero-order chi connectivity index (χ0) is 16.4. The summed E-state index contributed by atoms with van der Waals surface area (Å²) in [5, 5.41) is 14.6. The van der Waals surface area contributed by atoms with Crippen molar-refractivity contribution in [3.05, 3.63) is 36.2 Å². The van der Waals surface area contributed by atoms with E-state index in [1.165, 1.54) is 12.8 Å². The van der Waals surface area contributed by atoms with Crippen molar-refractivity contribution in [1.82, 2.24) is 30.4 Å². The quantitative estimate of drug-likeness (QED) is 0.855. The fourth-order valence-corrected chi connectivity index (χ4v) is 3.31. The van der Waals surface area contributed by atoms with Gasteiger partial charge in [-0.1, -0.05) is 12.1 Å². The molecule has 1 aliphatic heterocycles. The lowest BCUT2D eigenvalue weighted by Crippen LogP contribution is -2.43. The molecule has 4 rings (SSSR count). The van der Waals surface area contributed by atoms with Gasteiger partial charge in [-0.25, -0.2) is 4.68 Å². The molecule has 1 saturated carbocycles. The van der Waals surface area contributed by atoms with Crippen LogP contribution in [0.25, 0.3) is 5.69 Å². The zero-order valence-electron chi connectivity index (χ0n) is 13.6. The van der Waals surface area contributed by atoms with Gasteiger partial charge in [0.2, 0.25) is 5.91 Å². The topological polar surface area (TPSA) is 75.9 Å². The number of rotatable bonds is 6. The first-order chi connectivity index (χ1) is 11.8. The first-order valence-corrected chi connectivity index (χ1v) is 8.65. The van der Waals surface area contributed by atoms with E-state index in [1.807, 2.05) is 24.3 Å². The molecule has 2 aliphatic rings. The summed E-state index contributed by atoms with van der Waals surface area (Å²) in [5.41, 5.74) is 1.92. The van der Waals surface area contributed by atoms with Crippen LogP contribution in [0.15, 0.2) is 30.6 Å². The number of carbonyl (C=O) groups excluding carboxylic acids is 1. The average Bonchev–Trinajstić information content (AvgIpc) is 3.08. The first-order valence-electron chi connectivity index (χ1n) is 8.65. The second-order valence-corrected chi connectivity index (χ2v) is 6.67. The van der Waals surface area contributed by atoms with Gasteiger partial charge in [-0.15, -0.1) is 5.10 Å². The van der Waals surface area contributed by atoms with Crippen molar-refractivity contribution in [2.45, 2.75) is 44.2 Å². The van der Waals surface area contributed by atoms with Crippen LogP contribution in [0, 0.1) is 0 Å². The Hall–Kier alpha value is -2.28. The third kappa shape index (κ3) is 3.46. The number of tetrazole rings is 1. The molecule has 7 heteroatoms. The minimum atomic E-state index is 0.237. The number of aromatic nitrogens is 4. The normalized spacial score (nSPS) is 20.2. The Labute approximate surface area is 141 Å². The SMILES string of the molecule is O=C(Cc1ccc(-n2cnnn2)cc1)N(CC1CCCN1)C1CC1. The molecule has 126 valence electrons. The molecular formula is C17H22N6O. The third-order valence-electron chi connectivity index (χ3n) is 4.79. The van der Waals surface area contributed by atoms with Crippen molar-refractivity contribution >= 4 is 5.91 Å². The molecule has 1 N–H and O–H groups in total. The third-order valence-corrected chi connectivity index (χ3v) is 4.79. The van der Waals surface area contributed by atoms with Crippen LogP contribution in [0.1, 0.15) is 31.2 Å². The lowest BCUT2D eigenvalue weighted by Gasteiger charge is -2.26. The van der Waals surface area contributed by atoms with E-state index in [4.69, 9.17) is 0 Å². The number of nitrogens with one attached hydrogen (secondary N) is 1. The van der Waals surface area contributed by atoms with Crippen molar-refractivity contribution in [3.63, 3.8) is 0 Å². The maximum absolute atomic E-state index is 12.8. The summed E-state index contributed by atoms with van der Waals surface area (Å²) in [6.45, 7) is 1.93. The minimum absolute atomic E-state index is 0.237. The van der Waals surface area contributed by atoms with Crippen LogP contribution in [0.5, 0.6) is 0 Å². The molecule has 1 saturated heterocycles. The number of hydrogen-bond donors (Lipinski definition) is 1. The average molecular weight is 326 g/mol. The fraction of sp³-hybridized carbons (Fsp3) is 0.529. The van der Waals surface area contributed by atoms with Crippen LogP contribution in [0.3, 0.4) is 0 Å². The number of nitrogens with zero attached hydrogens (tertiary/aromatic N) is 5. The van der Waals surface area contributed by atoms with E-state index >= 15 is 0 Å². The summed E-state index contributed by atoms with van der Waals surface area (Å²) in [5.74, 6) is 0.237. The highest BCUT2D eigenvalue weighted by atomic mass is 16.2. The summed E-state index contributed by atoms with van der Waals surface area (Å²) in [6, 6.07) is 8.77. The van der Waals surface area contributed by atoms with E-state index in [0.717, 1.165) is 37.2 Å². The highest BCUT2D eigenvalue weighted by Crippen LogP contribution is 2.28. The van der Waals surface area contributed by atoms with Gasteiger partial charge in [-0.3, -0.25) is 4.79 Å². The molecule has 7 nitrogen and oxygen atoms in total. The zero-order valence-corrected chi connectivity index (χ0v) is 13.6. The molecule has 2 fully saturated rings. The molecular weight excluding hydrogens is 304 g/mol. The van der Waals surface area contributed by atoms with Crippen molar-refractivity contribution in [1.29, 1.82) is 0 Å². The van der Waals surface area contributed by atoms with Crippen LogP contribution >= 0.6 is 0 Å². The molecule has 1 aromatic heterocycles. The van der Waals surface area contributed by atoms with Gasteiger partial charge in [0.05, 0.1) is 12.1 Å². The molecule has 1 unspecified atom stereocenters. The van der Waals surface area contributed by atoms with E-state index in [9.17, 15) is 4.79 Å². The largest absolute Gasteiger partial charge is 0.338 e. The van der Waals surface area contributed by atoms with E-state index in [-0.39, 0.29) is 5.91 Å². The number of hydrogen-bond acceptors (Lipinski definition) is 5.